The molecule has 0 aliphatic carbocycles. The first-order valence-electron chi connectivity index (χ1n) is 8.36. The first kappa shape index (κ1) is 17.1. The molecule has 0 saturated carbocycles. The van der Waals surface area contributed by atoms with Crippen LogP contribution < -0.4 is 0 Å². The molecule has 1 aliphatic rings. The molecular formula is C13H32B3N3. The fourth-order valence-corrected chi connectivity index (χ4v) is 2.71. The van der Waals surface area contributed by atoms with E-state index in [0.29, 0.717) is 0 Å². The summed E-state index contributed by atoms with van der Waals surface area (Å²) in [5.74, 6) is 0.819. The van der Waals surface area contributed by atoms with Crippen molar-refractivity contribution < 1.29 is 0 Å². The SMILES string of the molecule is CCCCN1BN(CCCC)BN(CC(C)CC)B1. The zero-order valence-corrected chi connectivity index (χ0v) is 13.7. The summed E-state index contributed by atoms with van der Waals surface area (Å²) in [5, 5.41) is 0. The second kappa shape index (κ2) is 9.90. The molecule has 1 unspecified atom stereocenters. The lowest BCUT2D eigenvalue weighted by molar-refractivity contribution is 0.411. The molecule has 1 atom stereocenters. The van der Waals surface area contributed by atoms with Crippen LogP contribution in [0.25, 0.3) is 0 Å². The molecule has 108 valence electrons. The van der Waals surface area contributed by atoms with Crippen LogP contribution in [-0.4, -0.2) is 56.4 Å². The molecule has 1 saturated heterocycles. The number of hydrogen-bond donors (Lipinski definition) is 0. The highest BCUT2D eigenvalue weighted by molar-refractivity contribution is 6.64. The van der Waals surface area contributed by atoms with Gasteiger partial charge >= 0.3 is 0 Å². The van der Waals surface area contributed by atoms with Crippen LogP contribution in [0.15, 0.2) is 0 Å². The Morgan fingerprint density at radius 1 is 0.789 bits per heavy atom. The van der Waals surface area contributed by atoms with Gasteiger partial charge in [0, 0.05) is 0 Å². The summed E-state index contributed by atoms with van der Waals surface area (Å²) in [7, 11) is 3.52. The van der Waals surface area contributed by atoms with Gasteiger partial charge in [-0.25, -0.2) is 0 Å². The van der Waals surface area contributed by atoms with E-state index < -0.39 is 0 Å². The molecule has 1 aliphatic heterocycles. The van der Waals surface area contributed by atoms with E-state index in [-0.39, 0.29) is 0 Å². The second-order valence-electron chi connectivity index (χ2n) is 6.29. The van der Waals surface area contributed by atoms with E-state index in [0.717, 1.165) is 5.92 Å². The minimum atomic E-state index is 0.819. The molecule has 1 rings (SSSR count). The van der Waals surface area contributed by atoms with Gasteiger partial charge in [0.25, 0.3) is 22.6 Å². The highest BCUT2D eigenvalue weighted by atomic mass is 15.3. The largest absolute Gasteiger partial charge is 0.363 e. The predicted molar refractivity (Wildman–Crippen MR) is 90.8 cm³/mol. The van der Waals surface area contributed by atoms with Gasteiger partial charge < -0.3 is 14.2 Å². The van der Waals surface area contributed by atoms with Crippen LogP contribution in [-0.2, 0) is 0 Å². The highest BCUT2D eigenvalue weighted by Crippen LogP contribution is 2.09. The fourth-order valence-electron chi connectivity index (χ4n) is 2.71. The quantitative estimate of drug-likeness (QED) is 0.581. The van der Waals surface area contributed by atoms with Crippen molar-refractivity contribution in [3.63, 3.8) is 0 Å². The summed E-state index contributed by atoms with van der Waals surface area (Å²) < 4.78 is 7.90. The molecular weight excluding hydrogens is 231 g/mol. The molecule has 0 amide bonds. The topological polar surface area (TPSA) is 9.72 Å². The molecule has 3 nitrogen and oxygen atoms in total. The maximum atomic E-state index is 2.64. The molecule has 0 aromatic rings. The Morgan fingerprint density at radius 2 is 1.26 bits per heavy atom. The van der Waals surface area contributed by atoms with E-state index in [9.17, 15) is 0 Å². The van der Waals surface area contributed by atoms with Crippen LogP contribution in [0.1, 0.15) is 59.8 Å². The van der Waals surface area contributed by atoms with Crippen LogP contribution in [0, 0.1) is 5.92 Å². The zero-order chi connectivity index (χ0) is 14.1. The zero-order valence-electron chi connectivity index (χ0n) is 13.7. The van der Waals surface area contributed by atoms with E-state index in [4.69, 9.17) is 0 Å². The Balaban J connectivity index is 2.45. The number of rotatable bonds is 9. The number of nitrogens with zero attached hydrogens (tertiary/aromatic N) is 3. The predicted octanol–water partition coefficient (Wildman–Crippen LogP) is 1.35. The lowest BCUT2D eigenvalue weighted by Crippen LogP contribution is -2.62. The first-order valence-corrected chi connectivity index (χ1v) is 8.36. The average molecular weight is 263 g/mol. The normalized spacial score (nSPS) is 19.6. The maximum absolute atomic E-state index is 2.64. The lowest BCUT2D eigenvalue weighted by atomic mass is 9.73. The smallest absolute Gasteiger partial charge is 0.270 e. The van der Waals surface area contributed by atoms with Crippen molar-refractivity contribution in [2.75, 3.05) is 19.6 Å². The lowest BCUT2D eigenvalue weighted by Gasteiger charge is -2.41. The molecule has 0 aromatic carbocycles. The standard InChI is InChI=1S/C13H32B3N3/c1-5-8-10-17-14-18(11-9-6-2)16-19(15-17)12-13(4)7-3/h13-16H,5-12H2,1-4H3. The molecule has 0 aromatic heterocycles. The Bertz CT molecular complexity index is 215. The molecule has 0 spiro atoms. The Kier molecular flexibility index (Phi) is 8.92. The van der Waals surface area contributed by atoms with E-state index in [1.165, 1.54) is 74.4 Å². The van der Waals surface area contributed by atoms with E-state index in [2.05, 4.69) is 41.9 Å². The third kappa shape index (κ3) is 6.87. The highest BCUT2D eigenvalue weighted by Gasteiger charge is 2.27. The van der Waals surface area contributed by atoms with Gasteiger partial charge in [0.1, 0.15) is 0 Å². The van der Waals surface area contributed by atoms with Crippen molar-refractivity contribution >= 4 is 22.6 Å². The molecule has 0 bridgehead atoms. The van der Waals surface area contributed by atoms with Gasteiger partial charge in [-0.3, -0.25) is 0 Å². The van der Waals surface area contributed by atoms with Gasteiger partial charge in [0.15, 0.2) is 0 Å². The van der Waals surface area contributed by atoms with Crippen molar-refractivity contribution in [1.29, 1.82) is 0 Å². The van der Waals surface area contributed by atoms with E-state index >= 15 is 0 Å². The van der Waals surface area contributed by atoms with Gasteiger partial charge in [-0.1, -0.05) is 47.0 Å². The minimum absolute atomic E-state index is 0.819. The van der Waals surface area contributed by atoms with Gasteiger partial charge in [0.2, 0.25) is 0 Å². The van der Waals surface area contributed by atoms with Gasteiger partial charge in [-0.2, -0.15) is 0 Å². The summed E-state index contributed by atoms with van der Waals surface area (Å²) in [4.78, 5) is 0. The van der Waals surface area contributed by atoms with Crippen molar-refractivity contribution in [2.24, 2.45) is 5.92 Å². The molecule has 0 N–H and O–H groups in total. The van der Waals surface area contributed by atoms with Crippen molar-refractivity contribution in [3.05, 3.63) is 0 Å². The monoisotopic (exact) mass is 263 g/mol. The van der Waals surface area contributed by atoms with Crippen LogP contribution >= 0.6 is 0 Å². The van der Waals surface area contributed by atoms with Gasteiger partial charge in [-0.05, 0) is 38.4 Å². The van der Waals surface area contributed by atoms with Crippen LogP contribution in [0.5, 0.6) is 0 Å². The number of hydrogen-bond acceptors (Lipinski definition) is 3. The van der Waals surface area contributed by atoms with Crippen LogP contribution in [0.2, 0.25) is 0 Å². The summed E-state index contributed by atoms with van der Waals surface area (Å²) in [5.41, 5.74) is 0. The third-order valence-electron chi connectivity index (χ3n) is 4.12. The van der Waals surface area contributed by atoms with Crippen molar-refractivity contribution in [2.45, 2.75) is 59.8 Å². The third-order valence-corrected chi connectivity index (χ3v) is 4.12. The maximum Gasteiger partial charge on any atom is 0.270 e. The molecule has 6 heteroatoms. The second-order valence-corrected chi connectivity index (χ2v) is 6.29. The average Bonchev–Trinajstić information content (AvgIpc) is 2.42. The molecule has 1 heterocycles. The van der Waals surface area contributed by atoms with Crippen molar-refractivity contribution in [3.8, 4) is 0 Å². The fraction of sp³-hybridized carbons (Fsp3) is 1.00. The minimum Gasteiger partial charge on any atom is -0.363 e. The Hall–Kier alpha value is 0.0748. The van der Waals surface area contributed by atoms with Crippen LogP contribution in [0.4, 0.5) is 0 Å². The molecule has 1 fully saturated rings. The van der Waals surface area contributed by atoms with E-state index in [1.807, 2.05) is 0 Å². The van der Waals surface area contributed by atoms with Gasteiger partial charge in [-0.15, -0.1) is 0 Å². The first-order chi connectivity index (χ1) is 9.19. The van der Waals surface area contributed by atoms with Crippen molar-refractivity contribution in [1.82, 2.24) is 14.2 Å². The Morgan fingerprint density at radius 3 is 1.68 bits per heavy atom. The van der Waals surface area contributed by atoms with Crippen LogP contribution in [0.3, 0.4) is 0 Å². The summed E-state index contributed by atoms with van der Waals surface area (Å²) in [6.07, 6.45) is 6.56. The summed E-state index contributed by atoms with van der Waals surface area (Å²) >= 11 is 0. The number of unbranched alkanes of at least 4 members (excludes halogenated alkanes) is 2. The summed E-state index contributed by atoms with van der Waals surface area (Å²) in [6, 6.07) is 0. The van der Waals surface area contributed by atoms with E-state index in [1.54, 1.807) is 0 Å². The Labute approximate surface area is 122 Å². The summed E-state index contributed by atoms with van der Waals surface area (Å²) in [6.45, 7) is 13.0. The van der Waals surface area contributed by atoms with Gasteiger partial charge in [0.05, 0.1) is 0 Å². The molecule has 19 heavy (non-hydrogen) atoms. The molecule has 0 radical (unpaired) electrons.